The van der Waals surface area contributed by atoms with Crippen molar-refractivity contribution in [2.45, 2.75) is 0 Å². The van der Waals surface area contributed by atoms with E-state index >= 15 is 0 Å². The van der Waals surface area contributed by atoms with Crippen LogP contribution in [0.4, 0.5) is 0 Å². The van der Waals surface area contributed by atoms with Crippen LogP contribution in [0.2, 0.25) is 0 Å². The van der Waals surface area contributed by atoms with Gasteiger partial charge in [0.15, 0.2) is 0 Å². The molecule has 12 heavy (non-hydrogen) atoms. The summed E-state index contributed by atoms with van der Waals surface area (Å²) in [6.07, 6.45) is 0. The molecule has 0 heterocycles. The van der Waals surface area contributed by atoms with Gasteiger partial charge in [-0.3, -0.25) is 13.6 Å². The van der Waals surface area contributed by atoms with Crippen LogP contribution in [0.25, 0.3) is 0 Å². The van der Waals surface area contributed by atoms with E-state index in [0.29, 0.717) is 0 Å². The van der Waals surface area contributed by atoms with Crippen LogP contribution >= 0.6 is 15.4 Å². The van der Waals surface area contributed by atoms with Crippen LogP contribution in [0.1, 0.15) is 0 Å². The van der Waals surface area contributed by atoms with E-state index in [1.165, 1.54) is 7.11 Å². The van der Waals surface area contributed by atoms with Gasteiger partial charge in [0.05, 0.1) is 0 Å². The van der Waals surface area contributed by atoms with Crippen LogP contribution in [0.5, 0.6) is 0 Å². The van der Waals surface area contributed by atoms with Crippen molar-refractivity contribution >= 4 is 15.4 Å². The third-order valence-corrected chi connectivity index (χ3v) is 4.57. The molecular formula is C4H12O6P2. The van der Waals surface area contributed by atoms with E-state index in [9.17, 15) is 9.13 Å². The molecule has 1 atom stereocenters. The molecule has 0 saturated carbocycles. The van der Waals surface area contributed by atoms with Gasteiger partial charge in [-0.25, -0.2) is 8.88 Å². The summed E-state index contributed by atoms with van der Waals surface area (Å²) in [5.74, 6) is 0. The molecule has 0 bridgehead atoms. The van der Waals surface area contributed by atoms with Crippen LogP contribution < -0.4 is 0 Å². The third-order valence-electron chi connectivity index (χ3n) is 1.03. The van der Waals surface area contributed by atoms with E-state index in [2.05, 4.69) is 17.9 Å². The first kappa shape index (κ1) is 12.3. The zero-order valence-corrected chi connectivity index (χ0v) is 9.13. The lowest BCUT2D eigenvalue weighted by atomic mass is 11.8. The fraction of sp³-hybridized carbons (Fsp3) is 1.00. The molecule has 0 aliphatic heterocycles. The summed E-state index contributed by atoms with van der Waals surface area (Å²) in [5, 5.41) is 0. The molecule has 1 unspecified atom stereocenters. The molecule has 8 heteroatoms. The van der Waals surface area contributed by atoms with Crippen molar-refractivity contribution < 1.29 is 27.0 Å². The number of rotatable bonds is 5. The molecule has 0 spiro atoms. The smallest absolute Gasteiger partial charge is 0.312 e. The molecule has 0 rings (SSSR count). The zero-order valence-electron chi connectivity index (χ0n) is 7.34. The molecule has 0 N–H and O–H groups in total. The lowest BCUT2D eigenvalue weighted by Crippen LogP contribution is -1.94. The molecule has 0 amide bonds. The predicted octanol–water partition coefficient (Wildman–Crippen LogP) is 1.87. The highest BCUT2D eigenvalue weighted by molar-refractivity contribution is 7.64. The lowest BCUT2D eigenvalue weighted by molar-refractivity contribution is 0.197. The van der Waals surface area contributed by atoms with Gasteiger partial charge in [0, 0.05) is 28.0 Å². The van der Waals surface area contributed by atoms with Crippen molar-refractivity contribution in [3.8, 4) is 0 Å². The van der Waals surface area contributed by atoms with Crippen LogP contribution in [0.3, 0.4) is 0 Å². The molecular weight excluding hydrogens is 206 g/mol. The fourth-order valence-corrected chi connectivity index (χ4v) is 2.76. The molecule has 0 aliphatic carbocycles. The highest BCUT2D eigenvalue weighted by atomic mass is 31.3. The van der Waals surface area contributed by atoms with Crippen molar-refractivity contribution in [2.75, 3.05) is 28.0 Å². The maximum Gasteiger partial charge on any atom is 0.481 e. The average Bonchev–Trinajstić information content (AvgIpc) is 2.04. The van der Waals surface area contributed by atoms with Crippen molar-refractivity contribution in [2.24, 2.45) is 0 Å². The van der Waals surface area contributed by atoms with E-state index in [-0.39, 0.29) is 0 Å². The number of phosphoric acid groups is 1. The SMILES string of the molecule is COP(C)(=O)OP(=O)(OC)OC. The molecule has 0 aromatic rings. The number of hydrogen-bond acceptors (Lipinski definition) is 6. The minimum Gasteiger partial charge on any atom is -0.312 e. The van der Waals surface area contributed by atoms with Crippen LogP contribution in [0, 0.1) is 0 Å². The Morgan fingerprint density at radius 3 is 1.58 bits per heavy atom. The zero-order chi connectivity index (χ0) is 9.83. The first-order chi connectivity index (χ1) is 5.39. The Morgan fingerprint density at radius 2 is 1.33 bits per heavy atom. The first-order valence-electron chi connectivity index (χ1n) is 2.95. The molecule has 0 aromatic heterocycles. The topological polar surface area (TPSA) is 71.1 Å². The van der Waals surface area contributed by atoms with E-state index in [4.69, 9.17) is 0 Å². The first-order valence-corrected chi connectivity index (χ1v) is 6.40. The summed E-state index contributed by atoms with van der Waals surface area (Å²) in [5.41, 5.74) is 0. The molecule has 0 fully saturated rings. The van der Waals surface area contributed by atoms with Crippen LogP contribution in [0.15, 0.2) is 0 Å². The Morgan fingerprint density at radius 1 is 0.917 bits per heavy atom. The monoisotopic (exact) mass is 218 g/mol. The van der Waals surface area contributed by atoms with Gasteiger partial charge in [0.25, 0.3) is 0 Å². The molecule has 0 aliphatic rings. The molecule has 0 saturated heterocycles. The van der Waals surface area contributed by atoms with Crippen molar-refractivity contribution in [1.82, 2.24) is 0 Å². The second-order valence-electron chi connectivity index (χ2n) is 1.85. The van der Waals surface area contributed by atoms with Gasteiger partial charge in [0.2, 0.25) is 0 Å². The van der Waals surface area contributed by atoms with E-state index < -0.39 is 15.4 Å². The second-order valence-corrected chi connectivity index (χ2v) is 6.03. The molecule has 74 valence electrons. The summed E-state index contributed by atoms with van der Waals surface area (Å²) in [6.45, 7) is 1.16. The normalized spacial score (nSPS) is 17.3. The highest BCUT2D eigenvalue weighted by Gasteiger charge is 2.32. The van der Waals surface area contributed by atoms with Crippen molar-refractivity contribution in [3.05, 3.63) is 0 Å². The molecule has 0 aromatic carbocycles. The summed E-state index contributed by atoms with van der Waals surface area (Å²) in [4.78, 5) is 0. The van der Waals surface area contributed by atoms with Crippen molar-refractivity contribution in [3.63, 3.8) is 0 Å². The van der Waals surface area contributed by atoms with Crippen molar-refractivity contribution in [1.29, 1.82) is 0 Å². The Balaban J connectivity index is 4.42. The number of hydrogen-bond donors (Lipinski definition) is 0. The number of phosphoric ester groups is 1. The second kappa shape index (κ2) is 4.51. The van der Waals surface area contributed by atoms with Crippen LogP contribution in [-0.2, 0) is 27.0 Å². The Bertz CT molecular complexity index is 218. The minimum atomic E-state index is -3.71. The van der Waals surface area contributed by atoms with Gasteiger partial charge in [-0.05, 0) is 0 Å². The van der Waals surface area contributed by atoms with E-state index in [0.717, 1.165) is 20.9 Å². The summed E-state index contributed by atoms with van der Waals surface area (Å²) in [7, 11) is -3.62. The summed E-state index contributed by atoms with van der Waals surface area (Å²) >= 11 is 0. The van der Waals surface area contributed by atoms with Gasteiger partial charge < -0.3 is 4.52 Å². The minimum absolute atomic E-state index is 1.12. The van der Waals surface area contributed by atoms with Gasteiger partial charge in [-0.15, -0.1) is 0 Å². The lowest BCUT2D eigenvalue weighted by Gasteiger charge is -2.16. The van der Waals surface area contributed by atoms with E-state index in [1.54, 1.807) is 0 Å². The largest absolute Gasteiger partial charge is 0.481 e. The predicted molar refractivity (Wildman–Crippen MR) is 43.2 cm³/mol. The van der Waals surface area contributed by atoms with Gasteiger partial charge in [-0.2, -0.15) is 0 Å². The van der Waals surface area contributed by atoms with E-state index in [1.807, 2.05) is 0 Å². The maximum absolute atomic E-state index is 11.2. The maximum atomic E-state index is 11.2. The summed E-state index contributed by atoms with van der Waals surface area (Å²) in [6, 6.07) is 0. The van der Waals surface area contributed by atoms with Gasteiger partial charge in [0.1, 0.15) is 0 Å². The Kier molecular flexibility index (Phi) is 4.62. The Labute approximate surface area is 71.3 Å². The molecule has 6 nitrogen and oxygen atoms in total. The molecule has 0 radical (unpaired) electrons. The fourth-order valence-electron chi connectivity index (χ4n) is 0.356. The van der Waals surface area contributed by atoms with Gasteiger partial charge >= 0.3 is 15.4 Å². The third kappa shape index (κ3) is 3.81. The average molecular weight is 218 g/mol. The van der Waals surface area contributed by atoms with Crippen LogP contribution in [-0.4, -0.2) is 28.0 Å². The quantitative estimate of drug-likeness (QED) is 0.656. The highest BCUT2D eigenvalue weighted by Crippen LogP contribution is 2.62. The summed E-state index contributed by atoms with van der Waals surface area (Å²) < 4.78 is 40.1. The van der Waals surface area contributed by atoms with Gasteiger partial charge in [-0.1, -0.05) is 0 Å². The Hall–Kier alpha value is 0.300. The standard InChI is InChI=1S/C4H12O6P2/c1-7-11(4,5)10-12(6,8-2)9-3/h1-4H3.